The predicted molar refractivity (Wildman–Crippen MR) is 63.9 cm³/mol. The van der Waals surface area contributed by atoms with Crippen LogP contribution < -0.4 is 4.74 Å². The Morgan fingerprint density at radius 3 is 2.69 bits per heavy atom. The highest BCUT2D eigenvalue weighted by Crippen LogP contribution is 2.29. The molecular weight excluding hydrogens is 228 g/mol. The normalized spacial score (nSPS) is 11.3. The Bertz CT molecular complexity index is 424. The molecule has 0 aliphatic heterocycles. The molecular formula is C12H13ClO3. The van der Waals surface area contributed by atoms with Gasteiger partial charge in [-0.2, -0.15) is 0 Å². The van der Waals surface area contributed by atoms with Gasteiger partial charge in [0.1, 0.15) is 5.75 Å². The molecule has 0 saturated carbocycles. The average molecular weight is 241 g/mol. The van der Waals surface area contributed by atoms with E-state index < -0.39 is 5.97 Å². The summed E-state index contributed by atoms with van der Waals surface area (Å²) in [6.45, 7) is 1.90. The third-order valence-electron chi connectivity index (χ3n) is 2.20. The molecule has 0 amide bonds. The second-order valence-electron chi connectivity index (χ2n) is 3.21. The molecule has 0 aliphatic rings. The van der Waals surface area contributed by atoms with Crippen LogP contribution in [0, 0.1) is 0 Å². The summed E-state index contributed by atoms with van der Waals surface area (Å²) >= 11 is 5.97. The highest BCUT2D eigenvalue weighted by Gasteiger charge is 2.06. The number of methoxy groups -OCH3 is 1. The van der Waals surface area contributed by atoms with Crippen LogP contribution in [-0.2, 0) is 4.79 Å². The summed E-state index contributed by atoms with van der Waals surface area (Å²) in [6, 6.07) is 5.23. The maximum absolute atomic E-state index is 10.6. The smallest absolute Gasteiger partial charge is 0.328 e. The number of carbonyl (C=O) groups is 1. The molecule has 0 unspecified atom stereocenters. The largest absolute Gasteiger partial charge is 0.495 e. The first-order valence-corrected chi connectivity index (χ1v) is 5.23. The van der Waals surface area contributed by atoms with E-state index in [1.165, 1.54) is 13.2 Å². The van der Waals surface area contributed by atoms with Crippen molar-refractivity contribution in [2.75, 3.05) is 7.11 Å². The monoisotopic (exact) mass is 240 g/mol. The third-order valence-corrected chi connectivity index (χ3v) is 2.50. The Hall–Kier alpha value is -1.48. The first-order valence-electron chi connectivity index (χ1n) is 4.86. The molecule has 1 N–H and O–H groups in total. The summed E-state index contributed by atoms with van der Waals surface area (Å²) in [6.07, 6.45) is 1.83. The topological polar surface area (TPSA) is 46.5 Å². The van der Waals surface area contributed by atoms with Crippen LogP contribution in [0.25, 0.3) is 5.57 Å². The zero-order valence-electron chi connectivity index (χ0n) is 9.16. The average Bonchev–Trinajstić information content (AvgIpc) is 2.25. The molecule has 1 rings (SSSR count). The zero-order valence-corrected chi connectivity index (χ0v) is 9.91. The molecule has 0 saturated heterocycles. The van der Waals surface area contributed by atoms with Crippen molar-refractivity contribution >= 4 is 23.1 Å². The van der Waals surface area contributed by atoms with Crippen molar-refractivity contribution in [2.24, 2.45) is 0 Å². The van der Waals surface area contributed by atoms with E-state index in [0.717, 1.165) is 11.1 Å². The van der Waals surface area contributed by atoms with Crippen LogP contribution in [0.3, 0.4) is 0 Å². The van der Waals surface area contributed by atoms with Crippen molar-refractivity contribution in [3.8, 4) is 5.75 Å². The van der Waals surface area contributed by atoms with Crippen molar-refractivity contribution in [3.63, 3.8) is 0 Å². The molecule has 0 radical (unpaired) electrons. The van der Waals surface area contributed by atoms with E-state index in [1.807, 2.05) is 6.92 Å². The second-order valence-corrected chi connectivity index (χ2v) is 3.62. The summed E-state index contributed by atoms with van der Waals surface area (Å²) in [5, 5.41) is 9.19. The minimum Gasteiger partial charge on any atom is -0.495 e. The molecule has 1 aromatic carbocycles. The summed E-state index contributed by atoms with van der Waals surface area (Å²) in [5.41, 5.74) is 1.53. The van der Waals surface area contributed by atoms with Crippen molar-refractivity contribution in [3.05, 3.63) is 34.9 Å². The number of carboxylic acid groups (broad SMARTS) is 1. The maximum Gasteiger partial charge on any atom is 0.328 e. The van der Waals surface area contributed by atoms with Crippen LogP contribution in [0.1, 0.15) is 18.9 Å². The van der Waals surface area contributed by atoms with Crippen LogP contribution in [0.2, 0.25) is 5.02 Å². The lowest BCUT2D eigenvalue weighted by Gasteiger charge is -2.07. The van der Waals surface area contributed by atoms with E-state index >= 15 is 0 Å². The van der Waals surface area contributed by atoms with Crippen LogP contribution >= 0.6 is 11.6 Å². The summed E-state index contributed by atoms with van der Waals surface area (Å²) in [5.74, 6) is -0.375. The molecule has 0 spiro atoms. The summed E-state index contributed by atoms with van der Waals surface area (Å²) < 4.78 is 5.03. The first-order chi connectivity index (χ1) is 7.58. The molecule has 0 fully saturated rings. The van der Waals surface area contributed by atoms with E-state index in [2.05, 4.69) is 0 Å². The molecule has 0 heterocycles. The van der Waals surface area contributed by atoms with Crippen molar-refractivity contribution in [1.29, 1.82) is 0 Å². The SMILES string of the molecule is CC/C(=C\C(=O)O)c1ccc(OC)c(Cl)c1. The first kappa shape index (κ1) is 12.6. The predicted octanol–water partition coefficient (Wildman–Crippen LogP) is 3.23. The molecule has 3 nitrogen and oxygen atoms in total. The maximum atomic E-state index is 10.6. The van der Waals surface area contributed by atoms with Gasteiger partial charge in [0.05, 0.1) is 12.1 Å². The molecule has 0 atom stereocenters. The fourth-order valence-corrected chi connectivity index (χ4v) is 1.66. The summed E-state index contributed by atoms with van der Waals surface area (Å²) in [7, 11) is 1.54. The van der Waals surface area contributed by atoms with E-state index in [0.29, 0.717) is 17.2 Å². The van der Waals surface area contributed by atoms with E-state index in [9.17, 15) is 4.79 Å². The number of carboxylic acids is 1. The van der Waals surface area contributed by atoms with Gasteiger partial charge in [0.15, 0.2) is 0 Å². The van der Waals surface area contributed by atoms with Crippen molar-refractivity contribution < 1.29 is 14.6 Å². The molecule has 0 aromatic heterocycles. The van der Waals surface area contributed by atoms with Gasteiger partial charge < -0.3 is 9.84 Å². The number of benzene rings is 1. The Morgan fingerprint density at radius 2 is 2.25 bits per heavy atom. The fourth-order valence-electron chi connectivity index (χ4n) is 1.40. The van der Waals surface area contributed by atoms with Gasteiger partial charge >= 0.3 is 5.97 Å². The number of hydrogen-bond donors (Lipinski definition) is 1. The number of ether oxygens (including phenoxy) is 1. The molecule has 0 aliphatic carbocycles. The van der Waals surface area contributed by atoms with E-state index in [-0.39, 0.29) is 0 Å². The Balaban J connectivity index is 3.13. The van der Waals surface area contributed by atoms with Gasteiger partial charge in [-0.3, -0.25) is 0 Å². The van der Waals surface area contributed by atoms with Crippen molar-refractivity contribution in [1.82, 2.24) is 0 Å². The Morgan fingerprint density at radius 1 is 1.56 bits per heavy atom. The quantitative estimate of drug-likeness (QED) is 0.822. The summed E-state index contributed by atoms with van der Waals surface area (Å²) in [4.78, 5) is 10.6. The molecule has 16 heavy (non-hydrogen) atoms. The number of halogens is 1. The number of aliphatic carboxylic acids is 1. The van der Waals surface area contributed by atoms with Gasteiger partial charge in [0.2, 0.25) is 0 Å². The number of allylic oxidation sites excluding steroid dienone is 1. The third kappa shape index (κ3) is 3.00. The lowest BCUT2D eigenvalue weighted by Crippen LogP contribution is -1.93. The highest BCUT2D eigenvalue weighted by atomic mass is 35.5. The highest BCUT2D eigenvalue weighted by molar-refractivity contribution is 6.32. The lowest BCUT2D eigenvalue weighted by atomic mass is 10.0. The Labute approximate surface area is 99.3 Å². The molecule has 86 valence electrons. The van der Waals surface area contributed by atoms with E-state index in [1.54, 1.807) is 18.2 Å². The van der Waals surface area contributed by atoms with Crippen LogP contribution in [0.15, 0.2) is 24.3 Å². The van der Waals surface area contributed by atoms with Crippen LogP contribution in [-0.4, -0.2) is 18.2 Å². The van der Waals surface area contributed by atoms with Crippen molar-refractivity contribution in [2.45, 2.75) is 13.3 Å². The molecule has 4 heteroatoms. The minimum atomic E-state index is -0.955. The van der Waals surface area contributed by atoms with Crippen LogP contribution in [0.5, 0.6) is 5.75 Å². The van der Waals surface area contributed by atoms with Gasteiger partial charge in [-0.25, -0.2) is 4.79 Å². The van der Waals surface area contributed by atoms with Gasteiger partial charge in [-0.1, -0.05) is 24.6 Å². The molecule has 0 bridgehead atoms. The second kappa shape index (κ2) is 5.56. The van der Waals surface area contributed by atoms with Gasteiger partial charge in [-0.15, -0.1) is 0 Å². The number of rotatable bonds is 4. The van der Waals surface area contributed by atoms with Crippen LogP contribution in [0.4, 0.5) is 0 Å². The van der Waals surface area contributed by atoms with Gasteiger partial charge in [-0.05, 0) is 29.7 Å². The molecule has 1 aromatic rings. The van der Waals surface area contributed by atoms with E-state index in [4.69, 9.17) is 21.4 Å². The van der Waals surface area contributed by atoms with Gasteiger partial charge in [0.25, 0.3) is 0 Å². The zero-order chi connectivity index (χ0) is 12.1. The standard InChI is InChI=1S/C12H13ClO3/c1-3-8(7-12(14)15)9-4-5-11(16-2)10(13)6-9/h4-7H,3H2,1-2H3,(H,14,15)/b8-7+. The fraction of sp³-hybridized carbons (Fsp3) is 0.250. The lowest BCUT2D eigenvalue weighted by molar-refractivity contribution is -0.131. The number of hydrogen-bond acceptors (Lipinski definition) is 2. The Kier molecular flexibility index (Phi) is 4.38. The van der Waals surface area contributed by atoms with Gasteiger partial charge in [0, 0.05) is 6.08 Å². The minimum absolute atomic E-state index is 0.477.